The van der Waals surface area contributed by atoms with Gasteiger partial charge in [0.25, 0.3) is 0 Å². The number of rotatable bonds is 5. The van der Waals surface area contributed by atoms with Crippen LogP contribution in [0.25, 0.3) is 27.4 Å². The Labute approximate surface area is 194 Å². The van der Waals surface area contributed by atoms with Crippen molar-refractivity contribution in [1.29, 1.82) is 0 Å². The van der Waals surface area contributed by atoms with Crippen LogP contribution in [-0.4, -0.2) is 33.6 Å². The third kappa shape index (κ3) is 4.22. The molecule has 3 heterocycles. The van der Waals surface area contributed by atoms with Gasteiger partial charge in [0.1, 0.15) is 17.7 Å². The lowest BCUT2D eigenvalue weighted by atomic mass is 10.1. The Balaban J connectivity index is 1.22. The van der Waals surface area contributed by atoms with Crippen molar-refractivity contribution in [3.8, 4) is 11.6 Å². The van der Waals surface area contributed by atoms with Crippen LogP contribution >= 0.6 is 0 Å². The first-order chi connectivity index (χ1) is 16.3. The van der Waals surface area contributed by atoms with Crippen molar-refractivity contribution in [2.45, 2.75) is 25.5 Å². The number of hydrogen-bond donors (Lipinski definition) is 0. The van der Waals surface area contributed by atoms with Crippen molar-refractivity contribution in [3.63, 3.8) is 0 Å². The van der Waals surface area contributed by atoms with Crippen molar-refractivity contribution in [2.24, 2.45) is 0 Å². The van der Waals surface area contributed by atoms with E-state index in [0.29, 0.717) is 0 Å². The number of hydrogen-bond acceptors (Lipinski definition) is 3. The third-order valence-corrected chi connectivity index (χ3v) is 6.53. The van der Waals surface area contributed by atoms with Crippen LogP contribution < -0.4 is 4.74 Å². The van der Waals surface area contributed by atoms with E-state index in [1.807, 2.05) is 6.20 Å². The first kappa shape index (κ1) is 20.0. The van der Waals surface area contributed by atoms with Crippen LogP contribution in [0.5, 0.6) is 5.75 Å². The van der Waals surface area contributed by atoms with Crippen LogP contribution in [0.1, 0.15) is 18.4 Å². The maximum atomic E-state index is 6.46. The van der Waals surface area contributed by atoms with Crippen LogP contribution in [-0.2, 0) is 6.54 Å². The van der Waals surface area contributed by atoms with Crippen LogP contribution in [0.2, 0.25) is 0 Å². The summed E-state index contributed by atoms with van der Waals surface area (Å²) < 4.78 is 8.58. The first-order valence-corrected chi connectivity index (χ1v) is 11.7. The average molecular weight is 434 g/mol. The van der Waals surface area contributed by atoms with E-state index in [1.54, 1.807) is 0 Å². The Morgan fingerprint density at radius 2 is 1.64 bits per heavy atom. The van der Waals surface area contributed by atoms with Crippen molar-refractivity contribution in [2.75, 3.05) is 13.1 Å². The second kappa shape index (κ2) is 8.72. The molecule has 2 aromatic heterocycles. The lowest BCUT2D eigenvalue weighted by Crippen LogP contribution is -2.40. The zero-order chi connectivity index (χ0) is 22.0. The van der Waals surface area contributed by atoms with Gasteiger partial charge in [-0.1, -0.05) is 54.6 Å². The summed E-state index contributed by atoms with van der Waals surface area (Å²) in [7, 11) is 0. The Kier molecular flexibility index (Phi) is 5.29. The standard InChI is InChI=1S/C29H27N3O/c1-2-7-22(8-3-1)18-31-16-6-11-27(21-31)33-26-12-13-28-23(17-26)14-15-30-29(28)32-19-24-9-4-5-10-25(24)20-32/h1-5,7-10,12-15,17,19-20,27H,6,11,16,18,21H2/t27-/m0/s1. The first-order valence-electron chi connectivity index (χ1n) is 11.7. The van der Waals surface area contributed by atoms with E-state index >= 15 is 0 Å². The molecular weight excluding hydrogens is 406 g/mol. The van der Waals surface area contributed by atoms with Crippen molar-refractivity contribution >= 4 is 21.5 Å². The Hall–Kier alpha value is -3.63. The highest BCUT2D eigenvalue weighted by molar-refractivity contribution is 5.91. The molecule has 1 aliphatic rings. The summed E-state index contributed by atoms with van der Waals surface area (Å²) >= 11 is 0. The van der Waals surface area contributed by atoms with Gasteiger partial charge in [0, 0.05) is 37.1 Å². The van der Waals surface area contributed by atoms with Gasteiger partial charge in [-0.3, -0.25) is 4.90 Å². The number of fused-ring (bicyclic) bond motifs is 2. The van der Waals surface area contributed by atoms with Gasteiger partial charge >= 0.3 is 0 Å². The van der Waals surface area contributed by atoms with Crippen LogP contribution in [0.4, 0.5) is 0 Å². The highest BCUT2D eigenvalue weighted by atomic mass is 16.5. The van der Waals surface area contributed by atoms with Gasteiger partial charge in [0.15, 0.2) is 0 Å². The van der Waals surface area contributed by atoms with E-state index in [-0.39, 0.29) is 6.10 Å². The summed E-state index contributed by atoms with van der Waals surface area (Å²) in [5, 5.41) is 4.70. The fourth-order valence-corrected chi connectivity index (χ4v) is 4.91. The minimum Gasteiger partial charge on any atom is -0.489 e. The van der Waals surface area contributed by atoms with E-state index in [0.717, 1.165) is 48.4 Å². The molecule has 6 rings (SSSR count). The van der Waals surface area contributed by atoms with Crippen molar-refractivity contribution in [1.82, 2.24) is 14.5 Å². The fraction of sp³-hybridized carbons (Fsp3) is 0.207. The Bertz CT molecular complexity index is 1360. The molecule has 1 atom stereocenters. The van der Waals surface area contributed by atoms with Crippen molar-refractivity contribution < 1.29 is 4.74 Å². The largest absolute Gasteiger partial charge is 0.489 e. The Morgan fingerprint density at radius 3 is 2.45 bits per heavy atom. The number of benzene rings is 3. The second-order valence-electron chi connectivity index (χ2n) is 8.91. The molecule has 0 amide bonds. The van der Waals surface area contributed by atoms with E-state index in [4.69, 9.17) is 4.74 Å². The number of nitrogens with zero attached hydrogens (tertiary/aromatic N) is 3. The highest BCUT2D eigenvalue weighted by Crippen LogP contribution is 2.28. The Morgan fingerprint density at radius 1 is 0.848 bits per heavy atom. The third-order valence-electron chi connectivity index (χ3n) is 6.53. The van der Waals surface area contributed by atoms with E-state index in [1.165, 1.54) is 22.8 Å². The molecule has 5 aromatic rings. The molecule has 1 saturated heterocycles. The van der Waals surface area contributed by atoms with E-state index < -0.39 is 0 Å². The summed E-state index contributed by atoms with van der Waals surface area (Å²) in [6, 6.07) is 27.6. The lowest BCUT2D eigenvalue weighted by Gasteiger charge is -2.33. The van der Waals surface area contributed by atoms with Crippen LogP contribution in [0.3, 0.4) is 0 Å². The molecule has 164 valence electrons. The minimum atomic E-state index is 0.218. The zero-order valence-electron chi connectivity index (χ0n) is 18.6. The predicted octanol–water partition coefficient (Wildman–Crippen LogP) is 6.22. The topological polar surface area (TPSA) is 30.3 Å². The summed E-state index contributed by atoms with van der Waals surface area (Å²) in [6.07, 6.45) is 8.65. The molecule has 4 heteroatoms. The van der Waals surface area contributed by atoms with Crippen LogP contribution in [0.15, 0.2) is 97.5 Å². The summed E-state index contributed by atoms with van der Waals surface area (Å²) in [6.45, 7) is 3.08. The predicted molar refractivity (Wildman–Crippen MR) is 134 cm³/mol. The normalized spacial score (nSPS) is 16.9. The highest BCUT2D eigenvalue weighted by Gasteiger charge is 2.21. The lowest BCUT2D eigenvalue weighted by molar-refractivity contribution is 0.0844. The summed E-state index contributed by atoms with van der Waals surface area (Å²) in [4.78, 5) is 7.19. The molecule has 0 saturated carbocycles. The van der Waals surface area contributed by atoms with E-state index in [2.05, 4.69) is 106 Å². The maximum Gasteiger partial charge on any atom is 0.144 e. The zero-order valence-corrected chi connectivity index (χ0v) is 18.6. The summed E-state index contributed by atoms with van der Waals surface area (Å²) in [5.41, 5.74) is 1.36. The second-order valence-corrected chi connectivity index (χ2v) is 8.91. The molecule has 1 aliphatic heterocycles. The van der Waals surface area contributed by atoms with Gasteiger partial charge in [0.2, 0.25) is 0 Å². The van der Waals surface area contributed by atoms with Gasteiger partial charge in [-0.2, -0.15) is 0 Å². The maximum absolute atomic E-state index is 6.46. The van der Waals surface area contributed by atoms with Crippen LogP contribution in [0, 0.1) is 0 Å². The molecule has 0 spiro atoms. The molecule has 3 aromatic carbocycles. The minimum absolute atomic E-state index is 0.218. The number of pyridine rings is 1. The smallest absolute Gasteiger partial charge is 0.144 e. The fourth-order valence-electron chi connectivity index (χ4n) is 4.91. The van der Waals surface area contributed by atoms with Gasteiger partial charge in [-0.15, -0.1) is 0 Å². The molecule has 33 heavy (non-hydrogen) atoms. The quantitative estimate of drug-likeness (QED) is 0.329. The number of piperidine rings is 1. The van der Waals surface area contributed by atoms with Gasteiger partial charge < -0.3 is 9.30 Å². The van der Waals surface area contributed by atoms with Gasteiger partial charge in [-0.25, -0.2) is 4.98 Å². The molecular formula is C29H27N3O. The summed E-state index contributed by atoms with van der Waals surface area (Å²) in [5.74, 6) is 1.88. The monoisotopic (exact) mass is 433 g/mol. The van der Waals surface area contributed by atoms with E-state index in [9.17, 15) is 0 Å². The molecule has 0 aliphatic carbocycles. The molecule has 4 nitrogen and oxygen atoms in total. The number of aromatic nitrogens is 2. The van der Waals surface area contributed by atoms with Gasteiger partial charge in [0.05, 0.1) is 0 Å². The molecule has 0 unspecified atom stereocenters. The van der Waals surface area contributed by atoms with Gasteiger partial charge in [-0.05, 0) is 65.4 Å². The molecule has 1 fully saturated rings. The average Bonchev–Trinajstić information content (AvgIpc) is 3.29. The SMILES string of the molecule is c1ccc(CN2CCC[C@H](Oc3ccc4c(-n5cc6ccccc6c5)nccc4c3)C2)cc1. The number of likely N-dealkylation sites (tertiary alicyclic amines) is 1. The number of ether oxygens (including phenoxy) is 1. The molecule has 0 N–H and O–H groups in total. The molecule has 0 radical (unpaired) electrons. The van der Waals surface area contributed by atoms with Crippen molar-refractivity contribution in [3.05, 3.63) is 103 Å². The molecule has 0 bridgehead atoms.